The van der Waals surface area contributed by atoms with Crippen LogP contribution in [0.1, 0.15) is 45.0 Å². The van der Waals surface area contributed by atoms with E-state index in [-0.39, 0.29) is 6.04 Å². The summed E-state index contributed by atoms with van der Waals surface area (Å²) in [6, 6.07) is 0.633. The molecule has 86 valence electrons. The van der Waals surface area contributed by atoms with E-state index in [4.69, 9.17) is 5.73 Å². The van der Waals surface area contributed by atoms with Crippen LogP contribution in [0.4, 0.5) is 5.13 Å². The average molecular weight is 227 g/mol. The molecular weight excluding hydrogens is 206 g/mol. The minimum absolute atomic E-state index is 0.0897. The fourth-order valence-electron chi connectivity index (χ4n) is 1.48. The summed E-state index contributed by atoms with van der Waals surface area (Å²) in [6.45, 7) is 9.60. The molecule has 4 heteroatoms. The number of nitrogens with zero attached hydrogens (tertiary/aromatic N) is 2. The second-order valence-corrected chi connectivity index (χ2v) is 4.92. The van der Waals surface area contributed by atoms with Crippen molar-refractivity contribution in [3.63, 3.8) is 0 Å². The van der Waals surface area contributed by atoms with Gasteiger partial charge in [0.15, 0.2) is 5.13 Å². The Morgan fingerprint density at radius 3 is 2.53 bits per heavy atom. The first-order valence-corrected chi connectivity index (χ1v) is 6.39. The van der Waals surface area contributed by atoms with Gasteiger partial charge in [-0.25, -0.2) is 4.98 Å². The van der Waals surface area contributed by atoms with Gasteiger partial charge in [-0.2, -0.15) is 0 Å². The van der Waals surface area contributed by atoms with Crippen LogP contribution in [-0.2, 0) is 0 Å². The molecule has 1 aromatic rings. The van der Waals surface area contributed by atoms with Crippen LogP contribution in [0, 0.1) is 0 Å². The fourth-order valence-corrected chi connectivity index (χ4v) is 2.51. The monoisotopic (exact) mass is 227 g/mol. The average Bonchev–Trinajstić information content (AvgIpc) is 2.68. The molecule has 1 aromatic heterocycles. The first kappa shape index (κ1) is 12.5. The number of nitrogens with two attached hydrogens (primary N) is 1. The molecule has 2 atom stereocenters. The molecule has 0 aliphatic heterocycles. The molecule has 0 bridgehead atoms. The van der Waals surface area contributed by atoms with Gasteiger partial charge in [0, 0.05) is 29.7 Å². The van der Waals surface area contributed by atoms with Gasteiger partial charge in [0.1, 0.15) is 0 Å². The van der Waals surface area contributed by atoms with Gasteiger partial charge < -0.3 is 10.6 Å². The van der Waals surface area contributed by atoms with Crippen LogP contribution >= 0.6 is 11.3 Å². The molecule has 3 nitrogen and oxygen atoms in total. The maximum absolute atomic E-state index is 5.83. The second-order valence-electron chi connectivity index (χ2n) is 3.88. The summed E-state index contributed by atoms with van der Waals surface area (Å²) in [4.78, 5) is 7.93. The van der Waals surface area contributed by atoms with E-state index < -0.39 is 0 Å². The Morgan fingerprint density at radius 2 is 2.13 bits per heavy atom. The Bertz CT molecular complexity index is 296. The number of aromatic nitrogens is 1. The molecule has 0 aliphatic rings. The van der Waals surface area contributed by atoms with Crippen molar-refractivity contribution in [2.24, 2.45) is 5.73 Å². The molecule has 0 aliphatic carbocycles. The lowest BCUT2D eigenvalue weighted by molar-refractivity contribution is 0.628. The van der Waals surface area contributed by atoms with E-state index >= 15 is 0 Å². The number of rotatable bonds is 5. The van der Waals surface area contributed by atoms with Crippen LogP contribution < -0.4 is 10.6 Å². The molecule has 15 heavy (non-hydrogen) atoms. The maximum Gasteiger partial charge on any atom is 0.185 e. The zero-order chi connectivity index (χ0) is 11.4. The first-order chi connectivity index (χ1) is 7.10. The van der Waals surface area contributed by atoms with Crippen molar-refractivity contribution >= 4 is 16.5 Å². The predicted octanol–water partition coefficient (Wildman–Crippen LogP) is 2.79. The summed E-state index contributed by atoms with van der Waals surface area (Å²) in [5.41, 5.74) is 5.83. The molecule has 0 radical (unpaired) electrons. The summed E-state index contributed by atoms with van der Waals surface area (Å²) in [6.07, 6.45) is 3.04. The Kier molecular flexibility index (Phi) is 4.54. The molecule has 0 spiro atoms. The predicted molar refractivity (Wildman–Crippen MR) is 67.5 cm³/mol. The fraction of sp³-hybridized carbons (Fsp3) is 0.727. The van der Waals surface area contributed by atoms with Gasteiger partial charge in [-0.05, 0) is 27.2 Å². The summed E-state index contributed by atoms with van der Waals surface area (Å²) in [5, 5.41) is 1.10. The van der Waals surface area contributed by atoms with Crippen molar-refractivity contribution in [2.75, 3.05) is 11.4 Å². The zero-order valence-corrected chi connectivity index (χ0v) is 10.8. The first-order valence-electron chi connectivity index (χ1n) is 5.58. The van der Waals surface area contributed by atoms with Gasteiger partial charge in [-0.1, -0.05) is 6.92 Å². The van der Waals surface area contributed by atoms with E-state index in [1.807, 2.05) is 13.1 Å². The SMILES string of the molecule is CCC(C)N(CC)c1ncc(C(C)N)s1. The third-order valence-corrected chi connectivity index (χ3v) is 3.90. The van der Waals surface area contributed by atoms with E-state index in [9.17, 15) is 0 Å². The highest BCUT2D eigenvalue weighted by Crippen LogP contribution is 2.27. The summed E-state index contributed by atoms with van der Waals surface area (Å²) < 4.78 is 0. The Balaban J connectivity index is 2.83. The van der Waals surface area contributed by atoms with Gasteiger partial charge in [0.05, 0.1) is 0 Å². The molecule has 1 rings (SSSR count). The number of thiazole rings is 1. The normalized spacial score (nSPS) is 15.0. The molecule has 0 saturated carbocycles. The van der Waals surface area contributed by atoms with Gasteiger partial charge in [0.25, 0.3) is 0 Å². The van der Waals surface area contributed by atoms with Crippen molar-refractivity contribution in [3.8, 4) is 0 Å². The van der Waals surface area contributed by atoms with Gasteiger partial charge in [0.2, 0.25) is 0 Å². The third-order valence-electron chi connectivity index (χ3n) is 2.67. The van der Waals surface area contributed by atoms with Crippen LogP contribution in [-0.4, -0.2) is 17.6 Å². The number of hydrogen-bond donors (Lipinski definition) is 1. The molecule has 0 saturated heterocycles. The van der Waals surface area contributed by atoms with Crippen LogP contribution in [0.15, 0.2) is 6.20 Å². The van der Waals surface area contributed by atoms with Crippen LogP contribution in [0.25, 0.3) is 0 Å². The number of hydrogen-bond acceptors (Lipinski definition) is 4. The van der Waals surface area contributed by atoms with E-state index in [0.29, 0.717) is 6.04 Å². The largest absolute Gasteiger partial charge is 0.346 e. The van der Waals surface area contributed by atoms with Crippen molar-refractivity contribution < 1.29 is 0 Å². The lowest BCUT2D eigenvalue weighted by Crippen LogP contribution is -2.32. The summed E-state index contributed by atoms with van der Waals surface area (Å²) >= 11 is 1.71. The highest BCUT2D eigenvalue weighted by molar-refractivity contribution is 7.15. The molecular formula is C11H21N3S. The minimum Gasteiger partial charge on any atom is -0.346 e. The van der Waals surface area contributed by atoms with Crippen LogP contribution in [0.2, 0.25) is 0 Å². The van der Waals surface area contributed by atoms with Crippen molar-refractivity contribution in [2.45, 2.75) is 46.2 Å². The maximum atomic E-state index is 5.83. The summed E-state index contributed by atoms with van der Waals surface area (Å²) in [7, 11) is 0. The second kappa shape index (κ2) is 5.47. The minimum atomic E-state index is 0.0897. The third kappa shape index (κ3) is 2.92. The van der Waals surface area contributed by atoms with Gasteiger partial charge in [-0.3, -0.25) is 0 Å². The summed E-state index contributed by atoms with van der Waals surface area (Å²) in [5.74, 6) is 0. The lowest BCUT2D eigenvalue weighted by Gasteiger charge is -2.26. The smallest absolute Gasteiger partial charge is 0.185 e. The van der Waals surface area contributed by atoms with Crippen molar-refractivity contribution in [1.82, 2.24) is 4.98 Å². The van der Waals surface area contributed by atoms with Crippen molar-refractivity contribution in [3.05, 3.63) is 11.1 Å². The topological polar surface area (TPSA) is 42.2 Å². The van der Waals surface area contributed by atoms with Gasteiger partial charge >= 0.3 is 0 Å². The van der Waals surface area contributed by atoms with E-state index in [1.54, 1.807) is 11.3 Å². The molecule has 2 N–H and O–H groups in total. The van der Waals surface area contributed by atoms with Crippen molar-refractivity contribution in [1.29, 1.82) is 0 Å². The Morgan fingerprint density at radius 1 is 1.47 bits per heavy atom. The lowest BCUT2D eigenvalue weighted by atomic mass is 10.2. The van der Waals surface area contributed by atoms with E-state index in [1.165, 1.54) is 0 Å². The number of anilines is 1. The molecule has 2 unspecified atom stereocenters. The quantitative estimate of drug-likeness (QED) is 0.841. The molecule has 0 amide bonds. The Labute approximate surface area is 96.3 Å². The van der Waals surface area contributed by atoms with E-state index in [2.05, 4.69) is 30.7 Å². The van der Waals surface area contributed by atoms with E-state index in [0.717, 1.165) is 23.0 Å². The highest BCUT2D eigenvalue weighted by Gasteiger charge is 2.15. The highest BCUT2D eigenvalue weighted by atomic mass is 32.1. The Hall–Kier alpha value is -0.610. The molecule has 1 heterocycles. The van der Waals surface area contributed by atoms with Gasteiger partial charge in [-0.15, -0.1) is 11.3 Å². The van der Waals surface area contributed by atoms with Crippen LogP contribution in [0.3, 0.4) is 0 Å². The molecule has 0 fully saturated rings. The molecule has 0 aromatic carbocycles. The van der Waals surface area contributed by atoms with Crippen LogP contribution in [0.5, 0.6) is 0 Å². The zero-order valence-electron chi connectivity index (χ0n) is 10.0. The standard InChI is InChI=1S/C11H21N3S/c1-5-8(3)14(6-2)11-13-7-10(15-11)9(4)12/h7-9H,5-6,12H2,1-4H3.